The monoisotopic (exact) mass is 244 g/mol. The van der Waals surface area contributed by atoms with Gasteiger partial charge >= 0.3 is 0 Å². The Labute approximate surface area is 100.0 Å². The molecule has 4 heteroatoms. The lowest BCUT2D eigenvalue weighted by Crippen LogP contribution is -2.16. The van der Waals surface area contributed by atoms with Crippen molar-refractivity contribution >= 4 is 28.9 Å². The molecule has 0 atom stereocenters. The fourth-order valence-corrected chi connectivity index (χ4v) is 2.63. The number of hydrogen-bond donors (Lipinski definition) is 1. The molecule has 2 rings (SSSR count). The normalized spacial score (nSPS) is 17.0. The van der Waals surface area contributed by atoms with Gasteiger partial charge in [0.25, 0.3) is 0 Å². The van der Waals surface area contributed by atoms with Crippen LogP contribution in [0, 0.1) is 6.92 Å². The van der Waals surface area contributed by atoms with Gasteiger partial charge in [-0.25, -0.2) is 4.98 Å². The lowest BCUT2D eigenvalue weighted by atomic mass is 10.2. The molecule has 1 fully saturated rings. The lowest BCUT2D eigenvalue weighted by Gasteiger charge is -2.16. The van der Waals surface area contributed by atoms with Crippen LogP contribution in [0.25, 0.3) is 0 Å². The summed E-state index contributed by atoms with van der Waals surface area (Å²) in [5.74, 6) is 0. The van der Waals surface area contributed by atoms with E-state index in [0.717, 1.165) is 11.3 Å². The minimum Gasteiger partial charge on any atom is -0.380 e. The Morgan fingerprint density at radius 2 is 2.00 bits per heavy atom. The minimum atomic E-state index is 0.453. The number of rotatable bonds is 2. The first-order chi connectivity index (χ1) is 7.16. The summed E-state index contributed by atoms with van der Waals surface area (Å²) in [6.07, 6.45) is 5.04. The Bertz CT molecular complexity index is 337. The Hall–Kier alpha value is -0.470. The molecule has 15 heavy (non-hydrogen) atoms. The quantitative estimate of drug-likeness (QED) is 0.795. The molecule has 0 unspecified atom stereocenters. The predicted molar refractivity (Wildman–Crippen MR) is 64.9 cm³/mol. The van der Waals surface area contributed by atoms with Gasteiger partial charge in [0.15, 0.2) is 5.15 Å². The Kier molecular flexibility index (Phi) is 3.37. The highest BCUT2D eigenvalue weighted by atomic mass is 35.5. The number of pyridine rings is 1. The molecule has 0 aliphatic heterocycles. The molecule has 1 aliphatic rings. The van der Waals surface area contributed by atoms with Crippen LogP contribution in [-0.2, 0) is 0 Å². The molecular formula is C11H14Cl2N2. The third-order valence-electron chi connectivity index (χ3n) is 2.84. The van der Waals surface area contributed by atoms with E-state index in [1.165, 1.54) is 25.7 Å². The molecule has 1 aromatic rings. The van der Waals surface area contributed by atoms with Crippen molar-refractivity contribution in [3.63, 3.8) is 0 Å². The third-order valence-corrected chi connectivity index (χ3v) is 3.31. The van der Waals surface area contributed by atoms with Crippen molar-refractivity contribution in [3.05, 3.63) is 21.9 Å². The van der Waals surface area contributed by atoms with Gasteiger partial charge in [0.1, 0.15) is 5.15 Å². The van der Waals surface area contributed by atoms with E-state index in [-0.39, 0.29) is 0 Å². The maximum Gasteiger partial charge on any atom is 0.154 e. The van der Waals surface area contributed by atoms with E-state index in [0.29, 0.717) is 16.3 Å². The van der Waals surface area contributed by atoms with E-state index < -0.39 is 0 Å². The molecule has 0 radical (unpaired) electrons. The van der Waals surface area contributed by atoms with E-state index in [9.17, 15) is 0 Å². The Balaban J connectivity index is 2.19. The molecule has 1 heterocycles. The molecule has 2 nitrogen and oxygen atoms in total. The topological polar surface area (TPSA) is 24.9 Å². The molecule has 1 aliphatic carbocycles. The lowest BCUT2D eigenvalue weighted by molar-refractivity contribution is 0.754. The fraction of sp³-hybridized carbons (Fsp3) is 0.545. The number of halogens is 2. The molecule has 0 spiro atoms. The van der Waals surface area contributed by atoms with E-state index in [2.05, 4.69) is 10.3 Å². The smallest absolute Gasteiger partial charge is 0.154 e. The summed E-state index contributed by atoms with van der Waals surface area (Å²) in [6, 6.07) is 2.38. The van der Waals surface area contributed by atoms with Gasteiger partial charge in [0, 0.05) is 6.04 Å². The second-order valence-corrected chi connectivity index (χ2v) is 4.80. The molecule has 0 aromatic carbocycles. The summed E-state index contributed by atoms with van der Waals surface area (Å²) >= 11 is 11.9. The van der Waals surface area contributed by atoms with E-state index in [1.54, 1.807) is 0 Å². The van der Waals surface area contributed by atoms with Crippen LogP contribution in [0.15, 0.2) is 6.07 Å². The van der Waals surface area contributed by atoms with Crippen LogP contribution >= 0.6 is 23.2 Å². The van der Waals surface area contributed by atoms with Gasteiger partial charge in [-0.1, -0.05) is 36.0 Å². The highest BCUT2D eigenvalue weighted by molar-refractivity contribution is 6.34. The van der Waals surface area contributed by atoms with E-state index in [4.69, 9.17) is 23.2 Å². The molecule has 0 bridgehead atoms. The number of nitrogens with zero attached hydrogens (tertiary/aromatic N) is 1. The van der Waals surface area contributed by atoms with Crippen molar-refractivity contribution in [3.8, 4) is 0 Å². The molecule has 0 saturated heterocycles. The number of aryl methyl sites for hydroxylation is 1. The average molecular weight is 245 g/mol. The van der Waals surface area contributed by atoms with Gasteiger partial charge in [-0.05, 0) is 31.4 Å². The average Bonchev–Trinajstić information content (AvgIpc) is 2.63. The van der Waals surface area contributed by atoms with Gasteiger partial charge < -0.3 is 5.32 Å². The third kappa shape index (κ3) is 2.56. The SMILES string of the molecule is Cc1cc(Cl)nc(Cl)c1NC1CCCC1. The number of nitrogens with one attached hydrogen (secondary N) is 1. The van der Waals surface area contributed by atoms with Crippen LogP contribution in [0.3, 0.4) is 0 Å². The Morgan fingerprint density at radius 1 is 1.33 bits per heavy atom. The highest BCUT2D eigenvalue weighted by Crippen LogP contribution is 2.30. The molecule has 1 aromatic heterocycles. The van der Waals surface area contributed by atoms with Crippen LogP contribution in [0.1, 0.15) is 31.2 Å². The number of anilines is 1. The zero-order valence-electron chi connectivity index (χ0n) is 8.69. The zero-order chi connectivity index (χ0) is 10.8. The van der Waals surface area contributed by atoms with Crippen molar-refractivity contribution in [2.45, 2.75) is 38.6 Å². The van der Waals surface area contributed by atoms with E-state index in [1.807, 2.05) is 13.0 Å². The first-order valence-corrected chi connectivity index (χ1v) is 6.01. The van der Waals surface area contributed by atoms with Gasteiger partial charge in [0.2, 0.25) is 0 Å². The second kappa shape index (κ2) is 4.58. The second-order valence-electron chi connectivity index (χ2n) is 4.05. The molecule has 1 saturated carbocycles. The van der Waals surface area contributed by atoms with Crippen molar-refractivity contribution < 1.29 is 0 Å². The summed E-state index contributed by atoms with van der Waals surface area (Å²) in [4.78, 5) is 4.04. The van der Waals surface area contributed by atoms with Crippen LogP contribution in [0.4, 0.5) is 5.69 Å². The molecule has 0 amide bonds. The summed E-state index contributed by atoms with van der Waals surface area (Å²) in [6.45, 7) is 2.00. The van der Waals surface area contributed by atoms with Gasteiger partial charge in [-0.15, -0.1) is 0 Å². The summed E-state index contributed by atoms with van der Waals surface area (Å²) in [5, 5.41) is 4.38. The van der Waals surface area contributed by atoms with Crippen LogP contribution in [-0.4, -0.2) is 11.0 Å². The van der Waals surface area contributed by atoms with Crippen LogP contribution in [0.5, 0.6) is 0 Å². The summed E-state index contributed by atoms with van der Waals surface area (Å²) in [5.41, 5.74) is 2.00. The fourth-order valence-electron chi connectivity index (χ4n) is 2.04. The van der Waals surface area contributed by atoms with Crippen LogP contribution in [0.2, 0.25) is 10.3 Å². The summed E-state index contributed by atoms with van der Waals surface area (Å²) in [7, 11) is 0. The maximum atomic E-state index is 6.06. The standard InChI is InChI=1S/C11H14Cl2N2/c1-7-6-9(12)15-11(13)10(7)14-8-4-2-3-5-8/h6,8,14H,2-5H2,1H3. The van der Waals surface area contributed by atoms with E-state index >= 15 is 0 Å². The molecule has 1 N–H and O–H groups in total. The van der Waals surface area contributed by atoms with Crippen molar-refractivity contribution in [1.29, 1.82) is 0 Å². The Morgan fingerprint density at radius 3 is 2.60 bits per heavy atom. The zero-order valence-corrected chi connectivity index (χ0v) is 10.2. The van der Waals surface area contributed by atoms with Crippen LogP contribution < -0.4 is 5.32 Å². The maximum absolute atomic E-state index is 6.06. The largest absolute Gasteiger partial charge is 0.380 e. The summed E-state index contributed by atoms with van der Waals surface area (Å²) < 4.78 is 0. The first kappa shape index (κ1) is 11.0. The molecule has 82 valence electrons. The van der Waals surface area contributed by atoms with Crippen molar-refractivity contribution in [2.24, 2.45) is 0 Å². The van der Waals surface area contributed by atoms with Gasteiger partial charge in [-0.3, -0.25) is 0 Å². The number of hydrogen-bond acceptors (Lipinski definition) is 2. The highest BCUT2D eigenvalue weighted by Gasteiger charge is 2.17. The van der Waals surface area contributed by atoms with Crippen molar-refractivity contribution in [2.75, 3.05) is 5.32 Å². The number of aromatic nitrogens is 1. The van der Waals surface area contributed by atoms with Crippen molar-refractivity contribution in [1.82, 2.24) is 4.98 Å². The first-order valence-electron chi connectivity index (χ1n) is 5.26. The molecular weight excluding hydrogens is 231 g/mol. The predicted octanol–water partition coefficient (Wildman–Crippen LogP) is 4.05. The minimum absolute atomic E-state index is 0.453. The van der Waals surface area contributed by atoms with Gasteiger partial charge in [0.05, 0.1) is 5.69 Å². The van der Waals surface area contributed by atoms with Gasteiger partial charge in [-0.2, -0.15) is 0 Å².